The highest BCUT2D eigenvalue weighted by atomic mass is 16.2. The predicted molar refractivity (Wildman–Crippen MR) is 84.2 cm³/mol. The van der Waals surface area contributed by atoms with Crippen LogP contribution in [-0.4, -0.2) is 22.7 Å². The van der Waals surface area contributed by atoms with Gasteiger partial charge in [0.1, 0.15) is 6.04 Å². The van der Waals surface area contributed by atoms with Crippen LogP contribution < -0.4 is 10.6 Å². The third-order valence-corrected chi connectivity index (χ3v) is 3.43. The molecule has 2 aromatic rings. The number of likely N-dealkylation sites (N-methyl/N-ethyl adjacent to an activating group) is 1. The second kappa shape index (κ2) is 6.54. The maximum Gasteiger partial charge on any atom is 0.246 e. The van der Waals surface area contributed by atoms with Gasteiger partial charge in [0.2, 0.25) is 5.91 Å². The van der Waals surface area contributed by atoms with Crippen molar-refractivity contribution in [2.45, 2.75) is 25.8 Å². The maximum atomic E-state index is 12.4. The molecule has 0 fully saturated rings. The van der Waals surface area contributed by atoms with Crippen molar-refractivity contribution >= 4 is 11.6 Å². The van der Waals surface area contributed by atoms with Crippen molar-refractivity contribution in [2.75, 3.05) is 12.4 Å². The van der Waals surface area contributed by atoms with Gasteiger partial charge < -0.3 is 10.6 Å². The third kappa shape index (κ3) is 3.70. The van der Waals surface area contributed by atoms with E-state index in [0.717, 1.165) is 11.3 Å². The first-order chi connectivity index (χ1) is 10.0. The van der Waals surface area contributed by atoms with Gasteiger partial charge in [-0.15, -0.1) is 0 Å². The Morgan fingerprint density at radius 3 is 2.62 bits per heavy atom. The van der Waals surface area contributed by atoms with Crippen molar-refractivity contribution in [3.63, 3.8) is 0 Å². The van der Waals surface area contributed by atoms with Crippen molar-refractivity contribution in [2.24, 2.45) is 7.05 Å². The zero-order chi connectivity index (χ0) is 15.4. The van der Waals surface area contributed by atoms with Gasteiger partial charge in [-0.1, -0.05) is 26.0 Å². The molecular weight excluding hydrogens is 264 g/mol. The van der Waals surface area contributed by atoms with Gasteiger partial charge in [0.25, 0.3) is 0 Å². The van der Waals surface area contributed by atoms with Gasteiger partial charge >= 0.3 is 0 Å². The lowest BCUT2D eigenvalue weighted by atomic mass is 10.0. The highest BCUT2D eigenvalue weighted by Crippen LogP contribution is 2.20. The Kier molecular flexibility index (Phi) is 4.75. The number of aryl methyl sites for hydroxylation is 1. The first-order valence-electron chi connectivity index (χ1n) is 7.08. The summed E-state index contributed by atoms with van der Waals surface area (Å²) in [6.45, 7) is 4.26. The minimum atomic E-state index is -0.415. The number of benzene rings is 1. The number of hydrogen-bond acceptors (Lipinski definition) is 3. The SMILES string of the molecule is CNC(C(=O)Nc1cccc(C(C)C)c1)c1cnn(C)c1. The smallest absolute Gasteiger partial charge is 0.246 e. The molecule has 0 saturated heterocycles. The van der Waals surface area contributed by atoms with E-state index in [1.54, 1.807) is 17.9 Å². The van der Waals surface area contributed by atoms with Gasteiger partial charge in [0.15, 0.2) is 0 Å². The van der Waals surface area contributed by atoms with E-state index in [4.69, 9.17) is 0 Å². The third-order valence-electron chi connectivity index (χ3n) is 3.43. The van der Waals surface area contributed by atoms with E-state index >= 15 is 0 Å². The summed E-state index contributed by atoms with van der Waals surface area (Å²) < 4.78 is 1.69. The summed E-state index contributed by atoms with van der Waals surface area (Å²) >= 11 is 0. The number of anilines is 1. The van der Waals surface area contributed by atoms with Crippen LogP contribution in [-0.2, 0) is 11.8 Å². The van der Waals surface area contributed by atoms with E-state index in [1.165, 1.54) is 5.56 Å². The molecule has 1 aromatic heterocycles. The fraction of sp³-hybridized carbons (Fsp3) is 0.375. The van der Waals surface area contributed by atoms with E-state index in [2.05, 4.69) is 35.6 Å². The minimum absolute atomic E-state index is 0.0913. The van der Waals surface area contributed by atoms with Crippen molar-refractivity contribution in [3.05, 3.63) is 47.8 Å². The largest absolute Gasteiger partial charge is 0.324 e. The summed E-state index contributed by atoms with van der Waals surface area (Å²) in [5.41, 5.74) is 2.86. The Labute approximate surface area is 125 Å². The van der Waals surface area contributed by atoms with Crippen LogP contribution in [0.3, 0.4) is 0 Å². The minimum Gasteiger partial charge on any atom is -0.324 e. The molecule has 21 heavy (non-hydrogen) atoms. The molecule has 0 aliphatic carbocycles. The molecule has 1 heterocycles. The fourth-order valence-electron chi connectivity index (χ4n) is 2.23. The van der Waals surface area contributed by atoms with E-state index < -0.39 is 6.04 Å². The second-order valence-electron chi connectivity index (χ2n) is 5.44. The molecule has 0 bridgehead atoms. The van der Waals surface area contributed by atoms with Crippen LogP contribution in [0, 0.1) is 0 Å². The highest BCUT2D eigenvalue weighted by molar-refractivity contribution is 5.95. The first kappa shape index (κ1) is 15.3. The van der Waals surface area contributed by atoms with Crippen molar-refractivity contribution < 1.29 is 4.79 Å². The van der Waals surface area contributed by atoms with Crippen molar-refractivity contribution in [1.29, 1.82) is 0 Å². The summed E-state index contributed by atoms with van der Waals surface area (Å²) in [4.78, 5) is 12.4. The Hall–Kier alpha value is -2.14. The van der Waals surface area contributed by atoms with Gasteiger partial charge in [0.05, 0.1) is 6.20 Å². The fourth-order valence-corrected chi connectivity index (χ4v) is 2.23. The van der Waals surface area contributed by atoms with Gasteiger partial charge in [-0.2, -0.15) is 5.10 Å². The zero-order valence-electron chi connectivity index (χ0n) is 12.9. The van der Waals surface area contributed by atoms with Crippen LogP contribution in [0.25, 0.3) is 0 Å². The molecule has 0 spiro atoms. The summed E-state index contributed by atoms with van der Waals surface area (Å²) in [7, 11) is 3.60. The van der Waals surface area contributed by atoms with Gasteiger partial charge in [-0.25, -0.2) is 0 Å². The van der Waals surface area contributed by atoms with Gasteiger partial charge in [-0.05, 0) is 30.7 Å². The number of carbonyl (C=O) groups is 1. The Morgan fingerprint density at radius 1 is 1.29 bits per heavy atom. The molecule has 1 aromatic carbocycles. The Balaban J connectivity index is 2.14. The normalized spacial score (nSPS) is 12.4. The van der Waals surface area contributed by atoms with Crippen LogP contribution in [0.1, 0.15) is 36.9 Å². The van der Waals surface area contributed by atoms with E-state index in [1.807, 2.05) is 31.4 Å². The van der Waals surface area contributed by atoms with Crippen LogP contribution in [0.2, 0.25) is 0 Å². The van der Waals surface area contributed by atoms with E-state index in [0.29, 0.717) is 5.92 Å². The molecule has 0 aliphatic heterocycles. The Morgan fingerprint density at radius 2 is 2.05 bits per heavy atom. The van der Waals surface area contributed by atoms with Crippen LogP contribution in [0.15, 0.2) is 36.7 Å². The molecule has 112 valence electrons. The zero-order valence-corrected chi connectivity index (χ0v) is 12.9. The van der Waals surface area contributed by atoms with Crippen molar-refractivity contribution in [3.8, 4) is 0 Å². The molecule has 0 aliphatic rings. The summed E-state index contributed by atoms with van der Waals surface area (Å²) in [6, 6.07) is 7.53. The molecule has 1 unspecified atom stereocenters. The molecule has 2 rings (SSSR count). The summed E-state index contributed by atoms with van der Waals surface area (Å²) in [6.07, 6.45) is 3.54. The van der Waals surface area contributed by atoms with Crippen LogP contribution in [0.4, 0.5) is 5.69 Å². The molecular formula is C16H22N4O. The molecule has 1 amide bonds. The topological polar surface area (TPSA) is 59.0 Å². The van der Waals surface area contributed by atoms with Crippen LogP contribution >= 0.6 is 0 Å². The monoisotopic (exact) mass is 286 g/mol. The van der Waals surface area contributed by atoms with Gasteiger partial charge in [-0.3, -0.25) is 9.48 Å². The first-order valence-corrected chi connectivity index (χ1v) is 7.08. The molecule has 0 radical (unpaired) electrons. The highest BCUT2D eigenvalue weighted by Gasteiger charge is 2.20. The average molecular weight is 286 g/mol. The number of nitrogens with one attached hydrogen (secondary N) is 2. The van der Waals surface area contributed by atoms with E-state index in [9.17, 15) is 4.79 Å². The number of carbonyl (C=O) groups excluding carboxylic acids is 1. The lowest BCUT2D eigenvalue weighted by molar-refractivity contribution is -0.118. The van der Waals surface area contributed by atoms with Crippen LogP contribution in [0.5, 0.6) is 0 Å². The van der Waals surface area contributed by atoms with Gasteiger partial charge in [0, 0.05) is 24.5 Å². The predicted octanol–water partition coefficient (Wildman–Crippen LogP) is 2.44. The lowest BCUT2D eigenvalue weighted by Crippen LogP contribution is -2.30. The van der Waals surface area contributed by atoms with Crippen molar-refractivity contribution in [1.82, 2.24) is 15.1 Å². The molecule has 5 nitrogen and oxygen atoms in total. The summed E-state index contributed by atoms with van der Waals surface area (Å²) in [5.74, 6) is 0.340. The lowest BCUT2D eigenvalue weighted by Gasteiger charge is -2.15. The van der Waals surface area contributed by atoms with E-state index in [-0.39, 0.29) is 5.91 Å². The maximum absolute atomic E-state index is 12.4. The average Bonchev–Trinajstić information content (AvgIpc) is 2.86. The molecule has 2 N–H and O–H groups in total. The molecule has 5 heteroatoms. The number of aromatic nitrogens is 2. The number of rotatable bonds is 5. The number of nitrogens with zero attached hydrogens (tertiary/aromatic N) is 2. The number of amides is 1. The molecule has 0 saturated carbocycles. The Bertz CT molecular complexity index is 618. The summed E-state index contributed by atoms with van der Waals surface area (Å²) in [5, 5.41) is 10.1. The second-order valence-corrected chi connectivity index (χ2v) is 5.44. The standard InChI is InChI=1S/C16H22N4O/c1-11(2)12-6-5-7-14(8-12)19-16(21)15(17-3)13-9-18-20(4)10-13/h5-11,15,17H,1-4H3,(H,19,21). The quantitative estimate of drug-likeness (QED) is 0.887. The molecule has 1 atom stereocenters. The number of hydrogen-bond donors (Lipinski definition) is 2.